The highest BCUT2D eigenvalue weighted by atomic mass is 16.3. The van der Waals surface area contributed by atoms with Gasteiger partial charge in [0, 0.05) is 54.7 Å². The second-order valence-electron chi connectivity index (χ2n) is 9.44. The monoisotopic (exact) mass is 413 g/mol. The first-order valence-electron chi connectivity index (χ1n) is 11.8. The van der Waals surface area contributed by atoms with Gasteiger partial charge in [0.1, 0.15) is 0 Å². The number of hydrogen-bond acceptors (Lipinski definition) is 3. The number of para-hydroxylation sites is 1. The number of nitrogens with zero attached hydrogens (tertiary/aromatic N) is 2. The van der Waals surface area contributed by atoms with Crippen LogP contribution in [0.25, 0.3) is 21.9 Å². The number of hydrogen-bond donors (Lipinski definition) is 1. The molecule has 0 bridgehead atoms. The van der Waals surface area contributed by atoms with Crippen molar-refractivity contribution < 1.29 is 4.42 Å². The van der Waals surface area contributed by atoms with E-state index in [9.17, 15) is 0 Å². The van der Waals surface area contributed by atoms with Crippen LogP contribution in [0.4, 0.5) is 5.69 Å². The number of rotatable bonds is 3. The lowest BCUT2D eigenvalue weighted by Gasteiger charge is -2.42. The Hall–Kier alpha value is -2.72. The molecule has 2 aromatic carbocycles. The van der Waals surface area contributed by atoms with Crippen LogP contribution in [0.1, 0.15) is 42.7 Å². The van der Waals surface area contributed by atoms with Crippen molar-refractivity contribution >= 4 is 27.6 Å². The Bertz CT molecular complexity index is 1190. The summed E-state index contributed by atoms with van der Waals surface area (Å²) in [5.41, 5.74) is 6.45. The lowest BCUT2D eigenvalue weighted by molar-refractivity contribution is 0.141. The standard InChI is InChI=1S/C27H31N3O/c1-19-5-10-25-23(17-19)24(18-28-25)20-6-8-22(9-7-20)29-12-14-30(15-13-29)26-4-2-3-21-11-16-31-27(21)26/h2-5,10-11,16-18,20,22,28H,6-9,12-15H2,1H3. The average Bonchev–Trinajstić information content (AvgIpc) is 3.46. The van der Waals surface area contributed by atoms with E-state index in [-0.39, 0.29) is 0 Å². The fraction of sp³-hybridized carbons (Fsp3) is 0.407. The second kappa shape index (κ2) is 7.76. The zero-order chi connectivity index (χ0) is 20.8. The Balaban J connectivity index is 1.09. The summed E-state index contributed by atoms with van der Waals surface area (Å²) in [4.78, 5) is 8.74. The molecule has 0 atom stereocenters. The molecular formula is C27H31N3O. The van der Waals surface area contributed by atoms with Crippen molar-refractivity contribution in [2.75, 3.05) is 31.1 Å². The molecule has 2 fully saturated rings. The summed E-state index contributed by atoms with van der Waals surface area (Å²) in [5, 5.41) is 2.63. The summed E-state index contributed by atoms with van der Waals surface area (Å²) in [6.07, 6.45) is 9.31. The lowest BCUT2D eigenvalue weighted by Crippen LogP contribution is -2.51. The largest absolute Gasteiger partial charge is 0.462 e. The normalized spacial score (nSPS) is 23.1. The van der Waals surface area contributed by atoms with Gasteiger partial charge in [-0.15, -0.1) is 0 Å². The molecule has 0 spiro atoms. The third-order valence-corrected chi connectivity index (χ3v) is 7.64. The third kappa shape index (κ3) is 3.43. The van der Waals surface area contributed by atoms with Crippen molar-refractivity contribution in [2.45, 2.75) is 44.6 Å². The van der Waals surface area contributed by atoms with Gasteiger partial charge in [0.25, 0.3) is 0 Å². The van der Waals surface area contributed by atoms with Gasteiger partial charge >= 0.3 is 0 Å². The Kier molecular flexibility index (Phi) is 4.76. The van der Waals surface area contributed by atoms with E-state index in [4.69, 9.17) is 4.42 Å². The van der Waals surface area contributed by atoms with Crippen molar-refractivity contribution in [1.29, 1.82) is 0 Å². The molecule has 1 saturated carbocycles. The molecule has 4 heteroatoms. The van der Waals surface area contributed by atoms with E-state index in [1.165, 1.54) is 58.8 Å². The molecule has 3 heterocycles. The van der Waals surface area contributed by atoms with Crippen LogP contribution < -0.4 is 4.90 Å². The quantitative estimate of drug-likeness (QED) is 0.443. The van der Waals surface area contributed by atoms with Gasteiger partial charge in [-0.2, -0.15) is 0 Å². The smallest absolute Gasteiger partial charge is 0.157 e. The van der Waals surface area contributed by atoms with Gasteiger partial charge in [-0.1, -0.05) is 23.8 Å². The number of nitrogens with one attached hydrogen (secondary N) is 1. The van der Waals surface area contributed by atoms with Gasteiger partial charge in [-0.05, 0) is 68.4 Å². The minimum Gasteiger partial charge on any atom is -0.462 e. The molecule has 1 N–H and O–H groups in total. The van der Waals surface area contributed by atoms with Gasteiger partial charge in [0.2, 0.25) is 0 Å². The maximum Gasteiger partial charge on any atom is 0.157 e. The summed E-state index contributed by atoms with van der Waals surface area (Å²) in [7, 11) is 0. The van der Waals surface area contributed by atoms with E-state index in [1.54, 1.807) is 6.26 Å². The Morgan fingerprint density at radius 2 is 1.77 bits per heavy atom. The first-order valence-corrected chi connectivity index (χ1v) is 11.8. The van der Waals surface area contributed by atoms with E-state index >= 15 is 0 Å². The van der Waals surface area contributed by atoms with Crippen molar-refractivity contribution in [3.8, 4) is 0 Å². The minimum atomic E-state index is 0.699. The van der Waals surface area contributed by atoms with Crippen molar-refractivity contribution in [2.24, 2.45) is 0 Å². The van der Waals surface area contributed by atoms with Crippen LogP contribution >= 0.6 is 0 Å². The zero-order valence-electron chi connectivity index (χ0n) is 18.3. The molecule has 0 unspecified atom stereocenters. The Morgan fingerprint density at radius 3 is 2.61 bits per heavy atom. The molecule has 4 nitrogen and oxygen atoms in total. The van der Waals surface area contributed by atoms with Crippen molar-refractivity contribution in [1.82, 2.24) is 9.88 Å². The SMILES string of the molecule is Cc1ccc2[nH]cc(C3CCC(N4CCN(c5cccc6ccoc56)CC4)CC3)c2c1. The zero-order valence-corrected chi connectivity index (χ0v) is 18.3. The fourth-order valence-corrected chi connectivity index (χ4v) is 5.90. The van der Waals surface area contributed by atoms with E-state index in [2.05, 4.69) is 70.4 Å². The van der Waals surface area contributed by atoms with Gasteiger partial charge in [0.15, 0.2) is 5.58 Å². The van der Waals surface area contributed by atoms with Crippen LogP contribution in [0.5, 0.6) is 0 Å². The number of aromatic amines is 1. The molecule has 160 valence electrons. The highest BCUT2D eigenvalue weighted by Gasteiger charge is 2.30. The van der Waals surface area contributed by atoms with Crippen molar-refractivity contribution in [3.05, 3.63) is 66.1 Å². The van der Waals surface area contributed by atoms with Gasteiger partial charge in [-0.3, -0.25) is 4.90 Å². The second-order valence-corrected chi connectivity index (χ2v) is 9.44. The molecular weight excluding hydrogens is 382 g/mol. The van der Waals surface area contributed by atoms with Crippen LogP contribution in [0.3, 0.4) is 0 Å². The number of H-pyrrole nitrogens is 1. The Morgan fingerprint density at radius 1 is 0.935 bits per heavy atom. The number of fused-ring (bicyclic) bond motifs is 2. The number of aryl methyl sites for hydroxylation is 1. The van der Waals surface area contributed by atoms with E-state index in [1.807, 2.05) is 0 Å². The lowest BCUT2D eigenvalue weighted by atomic mass is 9.81. The summed E-state index contributed by atoms with van der Waals surface area (Å²) in [6.45, 7) is 6.67. The summed E-state index contributed by atoms with van der Waals surface area (Å²) in [6, 6.07) is 16.1. The maximum atomic E-state index is 5.77. The molecule has 4 aromatic rings. The third-order valence-electron chi connectivity index (χ3n) is 7.64. The van der Waals surface area contributed by atoms with Crippen LogP contribution in [-0.4, -0.2) is 42.1 Å². The number of furan rings is 1. The number of aromatic nitrogens is 1. The van der Waals surface area contributed by atoms with E-state index in [0.29, 0.717) is 5.92 Å². The minimum absolute atomic E-state index is 0.699. The van der Waals surface area contributed by atoms with Crippen LogP contribution in [0.2, 0.25) is 0 Å². The topological polar surface area (TPSA) is 35.4 Å². The maximum absolute atomic E-state index is 5.77. The summed E-state index contributed by atoms with van der Waals surface area (Å²) in [5.74, 6) is 0.699. The molecule has 1 aliphatic carbocycles. The van der Waals surface area contributed by atoms with Crippen LogP contribution in [-0.2, 0) is 0 Å². The molecule has 1 aliphatic heterocycles. The fourth-order valence-electron chi connectivity index (χ4n) is 5.90. The molecule has 31 heavy (non-hydrogen) atoms. The summed E-state index contributed by atoms with van der Waals surface area (Å²) >= 11 is 0. The van der Waals surface area contributed by atoms with Crippen LogP contribution in [0, 0.1) is 6.92 Å². The first kappa shape index (κ1) is 19.0. The first-order chi connectivity index (χ1) is 15.3. The predicted molar refractivity (Wildman–Crippen MR) is 128 cm³/mol. The van der Waals surface area contributed by atoms with Gasteiger partial charge in [-0.25, -0.2) is 0 Å². The molecule has 0 amide bonds. The summed E-state index contributed by atoms with van der Waals surface area (Å²) < 4.78 is 5.77. The molecule has 2 aliphatic rings. The highest BCUT2D eigenvalue weighted by molar-refractivity contribution is 5.89. The molecule has 2 aromatic heterocycles. The number of benzene rings is 2. The number of piperazine rings is 1. The predicted octanol–water partition coefficient (Wildman–Crippen LogP) is 6.07. The highest BCUT2D eigenvalue weighted by Crippen LogP contribution is 2.38. The molecule has 0 radical (unpaired) electrons. The van der Waals surface area contributed by atoms with Gasteiger partial charge in [0.05, 0.1) is 12.0 Å². The average molecular weight is 414 g/mol. The molecule has 1 saturated heterocycles. The van der Waals surface area contributed by atoms with E-state index < -0.39 is 0 Å². The van der Waals surface area contributed by atoms with Crippen molar-refractivity contribution in [3.63, 3.8) is 0 Å². The molecule has 6 rings (SSSR count). The number of anilines is 1. The van der Waals surface area contributed by atoms with Gasteiger partial charge < -0.3 is 14.3 Å². The Labute approximate surface area is 183 Å². The van der Waals surface area contributed by atoms with Crippen LogP contribution in [0.15, 0.2) is 59.3 Å². The van der Waals surface area contributed by atoms with E-state index in [0.717, 1.165) is 37.8 Å².